The number of rotatable bonds is 3. The third kappa shape index (κ3) is 2.46. The van der Waals surface area contributed by atoms with Gasteiger partial charge in [-0.15, -0.1) is 0 Å². The molecule has 7 nitrogen and oxygen atoms in total. The second-order valence-electron chi connectivity index (χ2n) is 4.90. The summed E-state index contributed by atoms with van der Waals surface area (Å²) in [6.45, 7) is 2.21. The standard InChI is InChI=1S/C15H15N3O4/c1-9-17-11(12(22-9)10-5-3-2-4-6-10)14(20)18-7-8-21-15(18)13(16)19/h2-6,15H,7-8H2,1H3,(H2,16,19). The average molecular weight is 301 g/mol. The van der Waals surface area contributed by atoms with Gasteiger partial charge in [0.25, 0.3) is 11.8 Å². The number of nitrogens with zero attached hydrogens (tertiary/aromatic N) is 2. The number of oxazole rings is 1. The molecule has 22 heavy (non-hydrogen) atoms. The lowest BCUT2D eigenvalue weighted by Crippen LogP contribution is -2.44. The first-order valence-corrected chi connectivity index (χ1v) is 6.82. The van der Waals surface area contributed by atoms with E-state index < -0.39 is 18.0 Å². The number of hydrogen-bond donors (Lipinski definition) is 1. The van der Waals surface area contributed by atoms with Gasteiger partial charge in [0, 0.05) is 19.0 Å². The largest absolute Gasteiger partial charge is 0.440 e. The average Bonchev–Trinajstić information content (AvgIpc) is 3.14. The molecule has 0 saturated carbocycles. The van der Waals surface area contributed by atoms with Gasteiger partial charge >= 0.3 is 0 Å². The Bertz CT molecular complexity index is 711. The topological polar surface area (TPSA) is 98.7 Å². The van der Waals surface area contributed by atoms with Crippen LogP contribution in [0, 0.1) is 6.92 Å². The lowest BCUT2D eigenvalue weighted by atomic mass is 10.1. The predicted molar refractivity (Wildman–Crippen MR) is 76.6 cm³/mol. The normalized spacial score (nSPS) is 17.7. The van der Waals surface area contributed by atoms with Crippen LogP contribution in [0.4, 0.5) is 0 Å². The Balaban J connectivity index is 1.98. The van der Waals surface area contributed by atoms with Gasteiger partial charge in [-0.25, -0.2) is 4.98 Å². The van der Waals surface area contributed by atoms with Gasteiger partial charge in [-0.3, -0.25) is 9.59 Å². The highest BCUT2D eigenvalue weighted by molar-refractivity contribution is 6.00. The van der Waals surface area contributed by atoms with Gasteiger partial charge < -0.3 is 19.8 Å². The number of benzene rings is 1. The number of aromatic nitrogens is 1. The smallest absolute Gasteiger partial charge is 0.279 e. The molecule has 0 radical (unpaired) electrons. The van der Waals surface area contributed by atoms with Crippen LogP contribution in [0.5, 0.6) is 0 Å². The molecule has 1 aromatic carbocycles. The van der Waals surface area contributed by atoms with Gasteiger partial charge in [-0.2, -0.15) is 0 Å². The molecule has 0 bridgehead atoms. The minimum absolute atomic E-state index is 0.153. The molecule has 2 N–H and O–H groups in total. The zero-order chi connectivity index (χ0) is 15.7. The van der Waals surface area contributed by atoms with Crippen LogP contribution in [0.3, 0.4) is 0 Å². The zero-order valence-electron chi connectivity index (χ0n) is 12.0. The first kappa shape index (κ1) is 14.3. The van der Waals surface area contributed by atoms with Crippen molar-refractivity contribution in [1.29, 1.82) is 0 Å². The maximum absolute atomic E-state index is 12.7. The Hall–Kier alpha value is -2.67. The van der Waals surface area contributed by atoms with E-state index in [1.165, 1.54) is 4.90 Å². The third-order valence-electron chi connectivity index (χ3n) is 3.37. The molecule has 1 aliphatic rings. The van der Waals surface area contributed by atoms with E-state index in [9.17, 15) is 9.59 Å². The van der Waals surface area contributed by atoms with Crippen molar-refractivity contribution in [3.05, 3.63) is 41.9 Å². The molecule has 1 atom stereocenters. The summed E-state index contributed by atoms with van der Waals surface area (Å²) in [5.41, 5.74) is 6.15. The van der Waals surface area contributed by atoms with Gasteiger partial charge in [0.15, 0.2) is 17.3 Å². The molecule has 7 heteroatoms. The zero-order valence-corrected chi connectivity index (χ0v) is 12.0. The monoisotopic (exact) mass is 301 g/mol. The lowest BCUT2D eigenvalue weighted by molar-refractivity contribution is -0.131. The fraction of sp³-hybridized carbons (Fsp3) is 0.267. The maximum Gasteiger partial charge on any atom is 0.279 e. The van der Waals surface area contributed by atoms with Crippen molar-refractivity contribution in [2.24, 2.45) is 5.73 Å². The van der Waals surface area contributed by atoms with E-state index in [-0.39, 0.29) is 18.8 Å². The van der Waals surface area contributed by atoms with Gasteiger partial charge in [-0.1, -0.05) is 30.3 Å². The van der Waals surface area contributed by atoms with Crippen LogP contribution in [-0.4, -0.2) is 41.1 Å². The fourth-order valence-electron chi connectivity index (χ4n) is 2.41. The summed E-state index contributed by atoms with van der Waals surface area (Å²) in [7, 11) is 0. The Morgan fingerprint density at radius 3 is 2.73 bits per heavy atom. The Morgan fingerprint density at radius 2 is 2.05 bits per heavy atom. The number of ether oxygens (including phenoxy) is 1. The number of nitrogens with two attached hydrogens (primary N) is 1. The molecule has 1 saturated heterocycles. The van der Waals surface area contributed by atoms with Crippen LogP contribution >= 0.6 is 0 Å². The summed E-state index contributed by atoms with van der Waals surface area (Å²) in [6, 6.07) is 9.19. The molecule has 1 aliphatic heterocycles. The van der Waals surface area contributed by atoms with Crippen molar-refractivity contribution in [2.45, 2.75) is 13.2 Å². The summed E-state index contributed by atoms with van der Waals surface area (Å²) >= 11 is 0. The van der Waals surface area contributed by atoms with Crippen molar-refractivity contribution in [3.63, 3.8) is 0 Å². The van der Waals surface area contributed by atoms with Crippen LogP contribution in [0.1, 0.15) is 16.4 Å². The van der Waals surface area contributed by atoms with Crippen molar-refractivity contribution >= 4 is 11.8 Å². The molecular formula is C15H15N3O4. The van der Waals surface area contributed by atoms with E-state index >= 15 is 0 Å². The SMILES string of the molecule is Cc1nc(C(=O)N2CCOC2C(N)=O)c(-c2ccccc2)o1. The van der Waals surface area contributed by atoms with Crippen LogP contribution in [0.15, 0.2) is 34.7 Å². The number of carbonyl (C=O) groups is 2. The van der Waals surface area contributed by atoms with E-state index in [2.05, 4.69) is 4.98 Å². The summed E-state index contributed by atoms with van der Waals surface area (Å²) in [6.07, 6.45) is -1.06. The van der Waals surface area contributed by atoms with Crippen molar-refractivity contribution < 1.29 is 18.7 Å². The molecule has 2 aromatic rings. The first-order valence-electron chi connectivity index (χ1n) is 6.82. The van der Waals surface area contributed by atoms with Crippen LogP contribution in [0.25, 0.3) is 11.3 Å². The van der Waals surface area contributed by atoms with Crippen LogP contribution in [-0.2, 0) is 9.53 Å². The molecule has 114 valence electrons. The minimum Gasteiger partial charge on any atom is -0.440 e. The first-order chi connectivity index (χ1) is 10.6. The number of hydrogen-bond acceptors (Lipinski definition) is 5. The Morgan fingerprint density at radius 1 is 1.32 bits per heavy atom. The number of aryl methyl sites for hydroxylation is 1. The van der Waals surface area contributed by atoms with E-state index in [4.69, 9.17) is 14.9 Å². The Kier molecular flexibility index (Phi) is 3.64. The van der Waals surface area contributed by atoms with E-state index in [1.54, 1.807) is 6.92 Å². The second kappa shape index (κ2) is 5.61. The molecule has 2 amide bonds. The maximum atomic E-state index is 12.7. The summed E-state index contributed by atoms with van der Waals surface area (Å²) in [4.78, 5) is 29.5. The molecule has 1 fully saturated rings. The number of primary amides is 1. The molecular weight excluding hydrogens is 286 g/mol. The molecule has 1 unspecified atom stereocenters. The van der Waals surface area contributed by atoms with Crippen LogP contribution < -0.4 is 5.73 Å². The highest BCUT2D eigenvalue weighted by atomic mass is 16.5. The second-order valence-corrected chi connectivity index (χ2v) is 4.90. The summed E-state index contributed by atoms with van der Waals surface area (Å²) < 4.78 is 10.8. The quantitative estimate of drug-likeness (QED) is 0.909. The van der Waals surface area contributed by atoms with Gasteiger partial charge in [0.05, 0.1) is 6.61 Å². The van der Waals surface area contributed by atoms with Crippen molar-refractivity contribution in [2.75, 3.05) is 13.2 Å². The van der Waals surface area contributed by atoms with E-state index in [1.807, 2.05) is 30.3 Å². The van der Waals surface area contributed by atoms with Gasteiger partial charge in [0.1, 0.15) is 0 Å². The molecule has 0 spiro atoms. The fourth-order valence-corrected chi connectivity index (χ4v) is 2.41. The summed E-state index contributed by atoms with van der Waals surface area (Å²) in [5, 5.41) is 0. The molecule has 3 rings (SSSR count). The van der Waals surface area contributed by atoms with E-state index in [0.717, 1.165) is 5.56 Å². The predicted octanol–water partition coefficient (Wildman–Crippen LogP) is 0.934. The van der Waals surface area contributed by atoms with E-state index in [0.29, 0.717) is 11.7 Å². The number of carbonyl (C=O) groups excluding carboxylic acids is 2. The molecule has 2 heterocycles. The highest BCUT2D eigenvalue weighted by Crippen LogP contribution is 2.27. The Labute approximate surface area is 126 Å². The van der Waals surface area contributed by atoms with Crippen molar-refractivity contribution in [1.82, 2.24) is 9.88 Å². The minimum atomic E-state index is -1.06. The third-order valence-corrected chi connectivity index (χ3v) is 3.37. The summed E-state index contributed by atoms with van der Waals surface area (Å²) in [5.74, 6) is -0.388. The van der Waals surface area contributed by atoms with Gasteiger partial charge in [-0.05, 0) is 0 Å². The molecule has 0 aliphatic carbocycles. The number of amides is 2. The van der Waals surface area contributed by atoms with Crippen LogP contribution in [0.2, 0.25) is 0 Å². The lowest BCUT2D eigenvalue weighted by Gasteiger charge is -2.19. The molecule has 1 aromatic heterocycles. The highest BCUT2D eigenvalue weighted by Gasteiger charge is 2.37. The van der Waals surface area contributed by atoms with Gasteiger partial charge in [0.2, 0.25) is 6.23 Å². The van der Waals surface area contributed by atoms with Crippen molar-refractivity contribution in [3.8, 4) is 11.3 Å².